The van der Waals surface area contributed by atoms with Crippen LogP contribution in [0.2, 0.25) is 18.1 Å². The summed E-state index contributed by atoms with van der Waals surface area (Å²) < 4.78 is 10.8. The van der Waals surface area contributed by atoms with Crippen LogP contribution in [0.4, 0.5) is 0 Å². The number of ether oxygens (including phenoxy) is 1. The van der Waals surface area contributed by atoms with E-state index in [2.05, 4.69) is 123 Å². The molecule has 6 nitrogen and oxygen atoms in total. The van der Waals surface area contributed by atoms with Crippen molar-refractivity contribution in [3.05, 3.63) is 0 Å². The van der Waals surface area contributed by atoms with E-state index < -0.39 is 14.3 Å². The number of rotatable bonds is 20. The first-order valence-electron chi connectivity index (χ1n) is 14.7. The highest BCUT2D eigenvalue weighted by Gasteiger charge is 2.36. The minimum Gasteiger partial charge on any atom is -0.481 e. The number of hydrogen-bond acceptors (Lipinski definition) is 5. The molecule has 11 atom stereocenters. The Bertz CT molecular complexity index is 705. The second-order valence-electron chi connectivity index (χ2n) is 11.1. The van der Waals surface area contributed by atoms with E-state index in [0.717, 1.165) is 65.9 Å². The summed E-state index contributed by atoms with van der Waals surface area (Å²) in [5.41, 5.74) is 0. The molecule has 0 rings (SSSR count). The molecule has 0 bridgehead atoms. The van der Waals surface area contributed by atoms with Gasteiger partial charge in [0.05, 0.1) is 6.61 Å². The van der Waals surface area contributed by atoms with Gasteiger partial charge in [0.2, 0.25) is 0 Å². The summed E-state index contributed by atoms with van der Waals surface area (Å²) >= 11 is 0. The van der Waals surface area contributed by atoms with Gasteiger partial charge in [-0.05, 0) is 92.7 Å². The van der Waals surface area contributed by atoms with Gasteiger partial charge in [-0.15, -0.1) is 89.3 Å². The van der Waals surface area contributed by atoms with Crippen LogP contribution >= 0.6 is 139 Å². The fraction of sp³-hybridized carbons (Fsp3) is 0.909. The van der Waals surface area contributed by atoms with Crippen LogP contribution in [-0.4, -0.2) is 50.3 Å². The van der Waals surface area contributed by atoms with Crippen molar-refractivity contribution in [2.75, 3.05) is 19.8 Å². The molecule has 0 heterocycles. The Morgan fingerprint density at radius 2 is 1.17 bits per heavy atom. The van der Waals surface area contributed by atoms with E-state index in [0.29, 0.717) is 26.4 Å². The van der Waals surface area contributed by atoms with Gasteiger partial charge in [-0.3, -0.25) is 9.59 Å². The highest BCUT2D eigenvalue weighted by Crippen LogP contribution is 3.04. The minimum atomic E-state index is -1.59. The van der Waals surface area contributed by atoms with Crippen LogP contribution in [0.1, 0.15) is 91.9 Å². The molecule has 24 heteroatoms. The van der Waals surface area contributed by atoms with Crippen LogP contribution in [0.5, 0.6) is 0 Å². The molecule has 0 aromatic rings. The molecular formula is C22H67O6P17Si. The molecule has 0 saturated carbocycles. The Hall–Kier alpha value is 6.39. The molecule has 0 aliphatic heterocycles. The second kappa shape index (κ2) is 38.3. The maximum absolute atomic E-state index is 10.8. The maximum atomic E-state index is 10.8. The fourth-order valence-corrected chi connectivity index (χ4v) is 93.7. The van der Waals surface area contributed by atoms with E-state index in [4.69, 9.17) is 19.4 Å². The quantitative estimate of drug-likeness (QED) is 0.0546. The summed E-state index contributed by atoms with van der Waals surface area (Å²) in [5, 5.41) is 17.2. The van der Waals surface area contributed by atoms with E-state index in [1.165, 1.54) is 0 Å². The van der Waals surface area contributed by atoms with E-state index in [-0.39, 0.29) is 52.6 Å². The van der Waals surface area contributed by atoms with Crippen LogP contribution in [0, 0.1) is 0 Å². The Labute approximate surface area is 316 Å². The zero-order valence-electron chi connectivity index (χ0n) is 28.7. The third kappa shape index (κ3) is 41.5. The molecule has 0 aromatic carbocycles. The maximum Gasteiger partial charge on any atom is 0.305 e. The molecule has 0 spiro atoms. The van der Waals surface area contributed by atoms with Gasteiger partial charge in [-0.25, -0.2) is 0 Å². The number of aliphatic hydroxyl groups excluding tert-OH is 1. The zero-order valence-corrected chi connectivity index (χ0v) is 47.6. The Morgan fingerprint density at radius 3 is 1.48 bits per heavy atom. The largest absolute Gasteiger partial charge is 0.481 e. The molecule has 46 heavy (non-hydrogen) atoms. The van der Waals surface area contributed by atoms with Crippen molar-refractivity contribution >= 4 is 159 Å². The SMILES string of the molecule is CC(C)(C)[Si](C)(C)OCCCCCCC(=O)O.CCOC(=O)CCCCCCO.PP(P)P(P)P(P)P.PPP(P(P)P)P(P)P. The first kappa shape index (κ1) is 59.1. The summed E-state index contributed by atoms with van der Waals surface area (Å²) in [6.45, 7) is 15.7. The van der Waals surface area contributed by atoms with Crippen molar-refractivity contribution in [3.8, 4) is 0 Å². The number of esters is 1. The van der Waals surface area contributed by atoms with Crippen LogP contribution in [-0.2, 0) is 18.8 Å². The van der Waals surface area contributed by atoms with Gasteiger partial charge < -0.3 is 19.4 Å². The molecule has 11 unspecified atom stereocenters. The third-order valence-electron chi connectivity index (χ3n) is 6.17. The molecule has 280 valence electrons. The average Bonchev–Trinajstić information content (AvgIpc) is 2.92. The lowest BCUT2D eigenvalue weighted by Gasteiger charge is -2.36. The third-order valence-corrected chi connectivity index (χ3v) is 92.8. The first-order valence-corrected chi connectivity index (χ1v) is 46.7. The number of carbonyl (C=O) groups is 2. The zero-order chi connectivity index (χ0) is 36.9. The molecule has 0 amide bonds. The van der Waals surface area contributed by atoms with Crippen molar-refractivity contribution < 1.29 is 29.0 Å². The van der Waals surface area contributed by atoms with Crippen molar-refractivity contribution in [1.29, 1.82) is 0 Å². The molecule has 0 aromatic heterocycles. The molecule has 0 aliphatic carbocycles. The lowest BCUT2D eigenvalue weighted by molar-refractivity contribution is -0.143. The van der Waals surface area contributed by atoms with Gasteiger partial charge in [-0.1, -0.05) is 54.4 Å². The summed E-state index contributed by atoms with van der Waals surface area (Å²) in [7, 11) is 28.4. The highest BCUT2D eigenvalue weighted by atomic mass is 33.2. The van der Waals surface area contributed by atoms with Crippen LogP contribution in [0.15, 0.2) is 0 Å². The number of carboxylic acids is 1. The Balaban J connectivity index is -0.000000268. The topological polar surface area (TPSA) is 93.1 Å². The average molecular weight is 982 g/mol. The van der Waals surface area contributed by atoms with Crippen LogP contribution in [0.25, 0.3) is 0 Å². The van der Waals surface area contributed by atoms with Crippen LogP contribution in [0.3, 0.4) is 0 Å². The van der Waals surface area contributed by atoms with Crippen molar-refractivity contribution in [1.82, 2.24) is 0 Å². The minimum absolute atomic E-state index is 0.110. The van der Waals surface area contributed by atoms with Gasteiger partial charge >= 0.3 is 11.9 Å². The lowest BCUT2D eigenvalue weighted by Crippen LogP contribution is -2.40. The molecule has 2 N–H and O–H groups in total. The van der Waals surface area contributed by atoms with E-state index in [1.54, 1.807) is 0 Å². The number of aliphatic carboxylic acids is 1. The van der Waals surface area contributed by atoms with Crippen molar-refractivity contribution in [2.24, 2.45) is 0 Å². The number of hydrogen-bond donors (Lipinski definition) is 2. The van der Waals surface area contributed by atoms with Gasteiger partial charge in [0.1, 0.15) is 0 Å². The molecule has 0 saturated heterocycles. The number of carboxylic acid groups (broad SMARTS) is 1. The van der Waals surface area contributed by atoms with Crippen molar-refractivity contribution in [2.45, 2.75) is 110 Å². The Kier molecular flexibility index (Phi) is 49.2. The van der Waals surface area contributed by atoms with Crippen molar-refractivity contribution in [3.63, 3.8) is 0 Å². The van der Waals surface area contributed by atoms with E-state index in [1.807, 2.05) is 6.92 Å². The highest BCUT2D eigenvalue weighted by molar-refractivity contribution is 9.10. The lowest BCUT2D eigenvalue weighted by atomic mass is 10.1. The number of carbonyl (C=O) groups excluding carboxylic acids is 1. The second-order valence-corrected chi connectivity index (χ2v) is 74.7. The van der Waals surface area contributed by atoms with Gasteiger partial charge in [-0.2, -0.15) is 0 Å². The molecule has 0 fully saturated rings. The first-order chi connectivity index (χ1) is 21.1. The predicted molar refractivity (Wildman–Crippen MR) is 268 cm³/mol. The molecule has 0 aliphatic rings. The van der Waals surface area contributed by atoms with Gasteiger partial charge in [0.25, 0.3) is 0 Å². The molecular weight excluding hydrogens is 915 g/mol. The summed E-state index contributed by atoms with van der Waals surface area (Å²) in [6, 6.07) is 0. The van der Waals surface area contributed by atoms with E-state index >= 15 is 0 Å². The summed E-state index contributed by atoms with van der Waals surface area (Å²) in [4.78, 5) is 21.1. The van der Waals surface area contributed by atoms with Crippen LogP contribution < -0.4 is 0 Å². The number of unbranched alkanes of at least 4 members (excludes halogenated alkanes) is 6. The monoisotopic (exact) mass is 982 g/mol. The normalized spacial score (nSPS) is 12.0. The van der Waals surface area contributed by atoms with E-state index in [9.17, 15) is 9.59 Å². The summed E-state index contributed by atoms with van der Waals surface area (Å²) in [6.07, 6.45) is 8.41. The molecule has 0 radical (unpaired) electrons. The Morgan fingerprint density at radius 1 is 0.739 bits per heavy atom. The number of aliphatic hydroxyl groups is 1. The predicted octanol–water partition coefficient (Wildman–Crippen LogP) is 14.6. The standard InChI is InChI=1S/C13H28O3Si.C9H18O3.H11P9.H10P8/c1-13(2,3)17(4,5)16-11-9-7-6-8-10-12(14)15;1-2-12-9(11)7-5-3-4-6-8-10;1-6-9(7(2)3)8(4)5;1-6(2)8(5)7(3)4/h6-11H2,1-5H3,(H,14,15);10H,2-8H2,1H3;6H,1-5H2;1-5H2. The van der Waals surface area contributed by atoms with Gasteiger partial charge in [0.15, 0.2) is 8.32 Å². The summed E-state index contributed by atoms with van der Waals surface area (Å²) in [5.74, 6) is -0.802. The smallest absolute Gasteiger partial charge is 0.305 e. The fourth-order valence-electron chi connectivity index (χ4n) is 2.62. The van der Waals surface area contributed by atoms with Gasteiger partial charge in [0, 0.05) is 26.1 Å².